The van der Waals surface area contributed by atoms with E-state index in [1.807, 2.05) is 12.3 Å². The first-order valence-corrected chi connectivity index (χ1v) is 8.66. The van der Waals surface area contributed by atoms with Crippen molar-refractivity contribution in [3.05, 3.63) is 30.2 Å². The minimum atomic E-state index is -0.329. The van der Waals surface area contributed by atoms with Gasteiger partial charge < -0.3 is 14.5 Å². The molecule has 2 aliphatic heterocycles. The lowest BCUT2D eigenvalue weighted by Crippen LogP contribution is -2.41. The maximum atomic E-state index is 14.2. The molecule has 0 radical (unpaired) electrons. The smallest absolute Gasteiger partial charge is 0.165 e. The van der Waals surface area contributed by atoms with E-state index in [1.54, 1.807) is 12.1 Å². The van der Waals surface area contributed by atoms with Gasteiger partial charge in [0, 0.05) is 43.0 Å². The monoisotopic (exact) mass is 329 g/mol. The predicted molar refractivity (Wildman–Crippen MR) is 94.2 cm³/mol. The lowest BCUT2D eigenvalue weighted by atomic mass is 9.77. The Hall–Kier alpha value is -1.88. The molecule has 3 heterocycles. The number of aromatic nitrogens is 1. The van der Waals surface area contributed by atoms with Gasteiger partial charge in [0.15, 0.2) is 11.6 Å². The molecule has 24 heavy (non-hydrogen) atoms. The van der Waals surface area contributed by atoms with Crippen molar-refractivity contribution in [3.8, 4) is 5.75 Å². The van der Waals surface area contributed by atoms with Gasteiger partial charge in [0.25, 0.3) is 0 Å². The fourth-order valence-corrected chi connectivity index (χ4v) is 4.35. The normalized spacial score (nSPS) is 20.9. The van der Waals surface area contributed by atoms with Gasteiger partial charge in [-0.15, -0.1) is 0 Å². The summed E-state index contributed by atoms with van der Waals surface area (Å²) in [5.41, 5.74) is 2.36. The molecule has 0 unspecified atom stereocenters. The zero-order valence-corrected chi connectivity index (χ0v) is 14.4. The van der Waals surface area contributed by atoms with Crippen molar-refractivity contribution in [2.24, 2.45) is 5.41 Å². The molecule has 0 atom stereocenters. The number of methoxy groups -OCH3 is 1. The molecule has 0 aliphatic carbocycles. The topological polar surface area (TPSA) is 28.6 Å². The summed E-state index contributed by atoms with van der Waals surface area (Å²) in [6.07, 6.45) is 5.53. The van der Waals surface area contributed by atoms with E-state index in [0.717, 1.165) is 29.7 Å². The largest absolute Gasteiger partial charge is 0.494 e. The zero-order chi connectivity index (χ0) is 16.7. The highest BCUT2D eigenvalue weighted by Crippen LogP contribution is 2.41. The van der Waals surface area contributed by atoms with Crippen molar-refractivity contribution < 1.29 is 9.13 Å². The Bertz CT molecular complexity index is 756. The maximum Gasteiger partial charge on any atom is 0.165 e. The Morgan fingerprint density at radius 1 is 1.17 bits per heavy atom. The van der Waals surface area contributed by atoms with Crippen LogP contribution in [0, 0.1) is 11.2 Å². The lowest BCUT2D eigenvalue weighted by Gasteiger charge is -2.40. The Kier molecular flexibility index (Phi) is 3.83. The number of fused-ring (bicyclic) bond motifs is 1. The fourth-order valence-electron chi connectivity index (χ4n) is 4.35. The van der Waals surface area contributed by atoms with Crippen molar-refractivity contribution >= 4 is 16.6 Å². The third-order valence-corrected chi connectivity index (χ3v) is 5.79. The number of anilines is 1. The van der Waals surface area contributed by atoms with Gasteiger partial charge in [0.05, 0.1) is 12.6 Å². The van der Waals surface area contributed by atoms with Gasteiger partial charge in [-0.1, -0.05) is 0 Å². The first kappa shape index (κ1) is 15.6. The van der Waals surface area contributed by atoms with E-state index in [9.17, 15) is 4.39 Å². The van der Waals surface area contributed by atoms with Crippen LogP contribution in [0.15, 0.2) is 24.4 Å². The molecule has 2 fully saturated rings. The van der Waals surface area contributed by atoms with Crippen LogP contribution in [-0.4, -0.2) is 50.2 Å². The van der Waals surface area contributed by atoms with Crippen LogP contribution in [0.2, 0.25) is 0 Å². The first-order valence-electron chi connectivity index (χ1n) is 8.66. The van der Waals surface area contributed by atoms with Crippen LogP contribution in [0.4, 0.5) is 10.1 Å². The van der Waals surface area contributed by atoms with Crippen LogP contribution in [0.5, 0.6) is 5.75 Å². The zero-order valence-electron chi connectivity index (χ0n) is 14.4. The molecule has 0 amide bonds. The second-order valence-corrected chi connectivity index (χ2v) is 7.31. The summed E-state index contributed by atoms with van der Waals surface area (Å²) in [6, 6.07) is 5.25. The van der Waals surface area contributed by atoms with Gasteiger partial charge in [-0.2, -0.15) is 0 Å². The number of hydrogen-bond donors (Lipinski definition) is 0. The number of halogens is 1. The molecule has 2 aromatic rings. The van der Waals surface area contributed by atoms with Crippen molar-refractivity contribution in [2.45, 2.75) is 19.3 Å². The van der Waals surface area contributed by atoms with E-state index in [-0.39, 0.29) is 11.6 Å². The predicted octanol–water partition coefficient (Wildman–Crippen LogP) is 3.30. The highest BCUT2D eigenvalue weighted by atomic mass is 19.1. The van der Waals surface area contributed by atoms with Gasteiger partial charge in [0.1, 0.15) is 0 Å². The number of hydrogen-bond acceptors (Lipinski definition) is 4. The molecule has 128 valence electrons. The van der Waals surface area contributed by atoms with Crippen molar-refractivity contribution in [1.82, 2.24) is 9.88 Å². The van der Waals surface area contributed by atoms with E-state index < -0.39 is 0 Å². The van der Waals surface area contributed by atoms with Gasteiger partial charge >= 0.3 is 0 Å². The van der Waals surface area contributed by atoms with Crippen LogP contribution in [0.1, 0.15) is 19.3 Å². The van der Waals surface area contributed by atoms with Crippen LogP contribution in [0.3, 0.4) is 0 Å². The number of pyridine rings is 1. The first-order chi connectivity index (χ1) is 11.6. The van der Waals surface area contributed by atoms with Crippen molar-refractivity contribution in [2.75, 3.05) is 45.2 Å². The molecular formula is C19H24FN3O. The highest BCUT2D eigenvalue weighted by molar-refractivity contribution is 5.92. The van der Waals surface area contributed by atoms with E-state index >= 15 is 0 Å². The second kappa shape index (κ2) is 5.88. The summed E-state index contributed by atoms with van der Waals surface area (Å²) in [5.74, 6) is -0.0797. The molecule has 1 aromatic carbocycles. The number of piperidine rings is 1. The van der Waals surface area contributed by atoms with Gasteiger partial charge in [-0.3, -0.25) is 4.98 Å². The summed E-state index contributed by atoms with van der Waals surface area (Å²) >= 11 is 0. The summed E-state index contributed by atoms with van der Waals surface area (Å²) in [4.78, 5) is 9.22. The summed E-state index contributed by atoms with van der Waals surface area (Å²) in [5, 5.41) is 0.871. The van der Waals surface area contributed by atoms with E-state index in [2.05, 4.69) is 21.8 Å². The molecule has 0 saturated carbocycles. The Morgan fingerprint density at radius 2 is 1.92 bits per heavy atom. The molecule has 4 rings (SSSR count). The molecule has 1 aromatic heterocycles. The second-order valence-electron chi connectivity index (χ2n) is 7.31. The Morgan fingerprint density at radius 3 is 2.58 bits per heavy atom. The number of nitrogens with zero attached hydrogens (tertiary/aromatic N) is 3. The molecule has 0 N–H and O–H groups in total. The minimum absolute atomic E-state index is 0.249. The van der Waals surface area contributed by atoms with E-state index in [4.69, 9.17) is 4.74 Å². The van der Waals surface area contributed by atoms with Gasteiger partial charge in [-0.05, 0) is 50.4 Å². The SMILES string of the molecule is COc1cc2nccc(N3CCC4(CCN(C)C4)CC3)c2cc1F. The maximum absolute atomic E-state index is 14.2. The average Bonchev–Trinajstić information content (AvgIpc) is 2.95. The minimum Gasteiger partial charge on any atom is -0.494 e. The molecule has 4 nitrogen and oxygen atoms in total. The van der Waals surface area contributed by atoms with Crippen LogP contribution >= 0.6 is 0 Å². The van der Waals surface area contributed by atoms with Crippen LogP contribution < -0.4 is 9.64 Å². The summed E-state index contributed by atoms with van der Waals surface area (Å²) in [7, 11) is 3.70. The molecule has 5 heteroatoms. The summed E-state index contributed by atoms with van der Waals surface area (Å²) < 4.78 is 19.3. The van der Waals surface area contributed by atoms with Crippen molar-refractivity contribution in [1.29, 1.82) is 0 Å². The molecule has 2 saturated heterocycles. The third kappa shape index (κ3) is 2.61. The number of ether oxygens (including phenoxy) is 1. The standard InChI is InChI=1S/C19H24FN3O/c1-22-8-4-19(13-22)5-9-23(10-6-19)17-3-7-21-16-12-18(24-2)15(20)11-14(16)17/h3,7,11-12H,4-6,8-10,13H2,1-2H3. The van der Waals surface area contributed by atoms with Crippen LogP contribution in [0.25, 0.3) is 10.9 Å². The number of rotatable bonds is 2. The molecule has 2 aliphatic rings. The Labute approximate surface area is 142 Å². The van der Waals surface area contributed by atoms with E-state index in [1.165, 1.54) is 39.5 Å². The molecule has 0 bridgehead atoms. The Balaban J connectivity index is 1.62. The fraction of sp³-hybridized carbons (Fsp3) is 0.526. The third-order valence-electron chi connectivity index (χ3n) is 5.79. The average molecular weight is 329 g/mol. The van der Waals surface area contributed by atoms with Gasteiger partial charge in [-0.25, -0.2) is 4.39 Å². The lowest BCUT2D eigenvalue weighted by molar-refractivity contribution is 0.222. The summed E-state index contributed by atoms with van der Waals surface area (Å²) in [6.45, 7) is 4.48. The molecule has 1 spiro atoms. The highest BCUT2D eigenvalue weighted by Gasteiger charge is 2.39. The molecular weight excluding hydrogens is 305 g/mol. The quantitative estimate of drug-likeness (QED) is 0.845. The van der Waals surface area contributed by atoms with Gasteiger partial charge in [0.2, 0.25) is 0 Å². The number of benzene rings is 1. The van der Waals surface area contributed by atoms with Crippen molar-refractivity contribution in [3.63, 3.8) is 0 Å². The number of likely N-dealkylation sites (tertiary alicyclic amines) is 1. The van der Waals surface area contributed by atoms with E-state index in [0.29, 0.717) is 5.41 Å². The van der Waals surface area contributed by atoms with Crippen LogP contribution in [-0.2, 0) is 0 Å².